The second-order valence-corrected chi connectivity index (χ2v) is 28.7. The van der Waals surface area contributed by atoms with Crippen molar-refractivity contribution in [3.05, 3.63) is 259 Å². The molecule has 13 aromatic rings. The van der Waals surface area contributed by atoms with Crippen molar-refractivity contribution >= 4 is 101 Å². The zero-order valence-electron chi connectivity index (χ0n) is 52.4. The van der Waals surface area contributed by atoms with Gasteiger partial charge >= 0.3 is 0 Å². The molecule has 0 aliphatic carbocycles. The van der Waals surface area contributed by atoms with Crippen LogP contribution in [0.3, 0.4) is 0 Å². The molecule has 0 bridgehead atoms. The van der Waals surface area contributed by atoms with Crippen molar-refractivity contribution in [3.8, 4) is 33.6 Å². The Balaban J connectivity index is 1.01. The molecule has 11 aromatic carbocycles. The van der Waals surface area contributed by atoms with Crippen LogP contribution in [0.25, 0.3) is 77.2 Å². The summed E-state index contributed by atoms with van der Waals surface area (Å²) in [5.41, 5.74) is 27.9. The molecule has 87 heavy (non-hydrogen) atoms. The number of rotatable bonds is 6. The SMILES string of the molecule is CC(C)(C)c1cc(N2c3ccc(-c4ccc5c(c4)c4ccccc4n5-c4ccccc4)cc3B3c4cc(-c5ccc6c(c5)c5ccccc5n6-c5ccccc5)ccc4N(c4cc(C(C)(C)C)cc(C(C)(C)C)c4)c4cccc2c43)cc(C(C)(C)C)c1. The summed E-state index contributed by atoms with van der Waals surface area (Å²) in [7, 11) is 0. The predicted octanol–water partition coefficient (Wildman–Crippen LogP) is 20.5. The van der Waals surface area contributed by atoms with Gasteiger partial charge in [0.15, 0.2) is 0 Å². The summed E-state index contributed by atoms with van der Waals surface area (Å²) in [6.07, 6.45) is 0. The molecular weight excluding hydrogens is 1050 g/mol. The summed E-state index contributed by atoms with van der Waals surface area (Å²) in [5.74, 6) is 0. The third-order valence-electron chi connectivity index (χ3n) is 18.8. The molecule has 0 fully saturated rings. The van der Waals surface area contributed by atoms with E-state index in [1.807, 2.05) is 0 Å². The zero-order chi connectivity index (χ0) is 60.1. The number of para-hydroxylation sites is 4. The van der Waals surface area contributed by atoms with Crippen LogP contribution < -0.4 is 26.2 Å². The lowest BCUT2D eigenvalue weighted by atomic mass is 9.33. The predicted molar refractivity (Wildman–Crippen MR) is 375 cm³/mol. The summed E-state index contributed by atoms with van der Waals surface area (Å²) in [4.78, 5) is 5.23. The summed E-state index contributed by atoms with van der Waals surface area (Å²) in [5, 5.41) is 4.98. The number of benzene rings is 11. The number of aromatic nitrogens is 2. The van der Waals surface area contributed by atoms with Gasteiger partial charge in [-0.3, -0.25) is 0 Å². The fourth-order valence-electron chi connectivity index (χ4n) is 14.1. The first kappa shape index (κ1) is 54.3. The maximum atomic E-state index is 2.62. The molecule has 4 heterocycles. The lowest BCUT2D eigenvalue weighted by molar-refractivity contribution is 0.568. The van der Waals surface area contributed by atoms with Crippen LogP contribution in [0.2, 0.25) is 0 Å². The average molecular weight is 1130 g/mol. The molecule has 2 aliphatic heterocycles. The van der Waals surface area contributed by atoms with E-state index in [1.165, 1.54) is 139 Å². The normalized spacial score (nSPS) is 13.4. The number of hydrogen-bond acceptors (Lipinski definition) is 2. The van der Waals surface area contributed by atoms with Crippen LogP contribution in [0.15, 0.2) is 237 Å². The fourth-order valence-corrected chi connectivity index (χ4v) is 14.1. The summed E-state index contributed by atoms with van der Waals surface area (Å²) in [6.45, 7) is 28.1. The third kappa shape index (κ3) is 8.94. The first-order chi connectivity index (χ1) is 41.7. The Morgan fingerprint density at radius 3 is 0.966 bits per heavy atom. The van der Waals surface area contributed by atoms with Gasteiger partial charge < -0.3 is 18.9 Å². The highest BCUT2D eigenvalue weighted by Gasteiger charge is 2.44. The van der Waals surface area contributed by atoms with Crippen LogP contribution in [-0.2, 0) is 21.7 Å². The van der Waals surface area contributed by atoms with Crippen LogP contribution in [0, 0.1) is 0 Å². The van der Waals surface area contributed by atoms with Crippen LogP contribution in [0.4, 0.5) is 34.1 Å². The van der Waals surface area contributed by atoms with Crippen molar-refractivity contribution in [1.29, 1.82) is 0 Å². The molecule has 0 amide bonds. The van der Waals surface area contributed by atoms with Crippen molar-refractivity contribution in [2.24, 2.45) is 0 Å². The van der Waals surface area contributed by atoms with Crippen LogP contribution in [-0.4, -0.2) is 15.8 Å². The molecule has 15 rings (SSSR count). The van der Waals surface area contributed by atoms with Gasteiger partial charge in [-0.15, -0.1) is 0 Å². The molecule has 2 aliphatic rings. The molecular formula is C82H75BN4. The first-order valence-electron chi connectivity index (χ1n) is 31.2. The van der Waals surface area contributed by atoms with Gasteiger partial charge in [0.05, 0.1) is 22.1 Å². The van der Waals surface area contributed by atoms with Crippen LogP contribution in [0.5, 0.6) is 0 Å². The smallest absolute Gasteiger partial charge is 0.252 e. The molecule has 0 N–H and O–H groups in total. The van der Waals surface area contributed by atoms with Gasteiger partial charge in [0.1, 0.15) is 0 Å². The topological polar surface area (TPSA) is 16.3 Å². The lowest BCUT2D eigenvalue weighted by Gasteiger charge is -2.45. The molecule has 0 unspecified atom stereocenters. The summed E-state index contributed by atoms with van der Waals surface area (Å²) >= 11 is 0. The van der Waals surface area contributed by atoms with Gasteiger partial charge in [0, 0.05) is 67.0 Å². The lowest BCUT2D eigenvalue weighted by Crippen LogP contribution is -2.61. The second kappa shape index (κ2) is 19.6. The van der Waals surface area contributed by atoms with Crippen molar-refractivity contribution in [2.45, 2.75) is 105 Å². The molecule has 0 saturated heterocycles. The van der Waals surface area contributed by atoms with Crippen molar-refractivity contribution in [1.82, 2.24) is 9.13 Å². The molecule has 0 radical (unpaired) electrons. The largest absolute Gasteiger partial charge is 0.311 e. The van der Waals surface area contributed by atoms with E-state index in [1.54, 1.807) is 0 Å². The van der Waals surface area contributed by atoms with Gasteiger partial charge in [0.25, 0.3) is 6.71 Å². The van der Waals surface area contributed by atoms with E-state index in [4.69, 9.17) is 0 Å². The quantitative estimate of drug-likeness (QED) is 0.154. The Hall–Kier alpha value is -9.32. The van der Waals surface area contributed by atoms with Gasteiger partial charge in [-0.2, -0.15) is 0 Å². The minimum absolute atomic E-state index is 0.0894. The molecule has 0 saturated carbocycles. The van der Waals surface area contributed by atoms with Crippen molar-refractivity contribution in [3.63, 3.8) is 0 Å². The molecule has 5 heteroatoms. The van der Waals surface area contributed by atoms with E-state index in [0.717, 1.165) is 11.4 Å². The monoisotopic (exact) mass is 1130 g/mol. The zero-order valence-corrected chi connectivity index (χ0v) is 52.4. The molecule has 0 atom stereocenters. The molecule has 4 nitrogen and oxygen atoms in total. The van der Waals surface area contributed by atoms with E-state index in [-0.39, 0.29) is 28.4 Å². The Morgan fingerprint density at radius 2 is 0.586 bits per heavy atom. The Bertz CT molecular complexity index is 4540. The Morgan fingerprint density at radius 1 is 0.253 bits per heavy atom. The standard InChI is InChI=1S/C82H75BN4/c1-79(2,3)56-46-57(80(4,5)6)49-62(48-56)86-74-40-36-54(52-34-38-72-66(42-52)64-28-19-21-30-70(64)84(72)60-24-15-13-16-25-60)44-68(74)83-69-45-55(53-35-39-73-67(43-53)65-29-20-22-31-71(65)85(73)61-26-17-14-18-27-61)37-41-75(69)87(77-33-23-32-76(86)78(77)83)63-50-58(81(7,8)9)47-59(51-63)82(10,11)12/h13-51H,1-12H3. The van der Waals surface area contributed by atoms with E-state index < -0.39 is 0 Å². The maximum Gasteiger partial charge on any atom is 0.252 e. The molecule has 426 valence electrons. The minimum atomic E-state index is -0.123. The average Bonchev–Trinajstić information content (AvgIpc) is 1.46. The van der Waals surface area contributed by atoms with Gasteiger partial charge in [0.2, 0.25) is 0 Å². The van der Waals surface area contributed by atoms with Gasteiger partial charge in [-0.1, -0.05) is 210 Å². The number of nitrogens with zero attached hydrogens (tertiary/aromatic N) is 4. The van der Waals surface area contributed by atoms with E-state index >= 15 is 0 Å². The highest BCUT2D eigenvalue weighted by molar-refractivity contribution is 7.00. The second-order valence-electron chi connectivity index (χ2n) is 28.7. The maximum absolute atomic E-state index is 2.62. The third-order valence-corrected chi connectivity index (χ3v) is 18.8. The minimum Gasteiger partial charge on any atom is -0.311 e. The Kier molecular flexibility index (Phi) is 12.2. The molecule has 2 aromatic heterocycles. The highest BCUT2D eigenvalue weighted by atomic mass is 15.2. The number of hydrogen-bond donors (Lipinski definition) is 0. The van der Waals surface area contributed by atoms with Gasteiger partial charge in [-0.25, -0.2) is 0 Å². The summed E-state index contributed by atoms with van der Waals surface area (Å²) < 4.78 is 4.83. The molecule has 0 spiro atoms. The van der Waals surface area contributed by atoms with Crippen LogP contribution >= 0.6 is 0 Å². The van der Waals surface area contributed by atoms with E-state index in [0.29, 0.717) is 0 Å². The van der Waals surface area contributed by atoms with Gasteiger partial charge in [-0.05, 0) is 192 Å². The Labute approximate surface area is 514 Å². The van der Waals surface area contributed by atoms with Crippen molar-refractivity contribution < 1.29 is 0 Å². The van der Waals surface area contributed by atoms with E-state index in [2.05, 4.69) is 339 Å². The number of anilines is 6. The van der Waals surface area contributed by atoms with Crippen molar-refractivity contribution in [2.75, 3.05) is 9.80 Å². The highest BCUT2D eigenvalue weighted by Crippen LogP contribution is 2.49. The number of fused-ring (bicyclic) bond motifs is 10. The van der Waals surface area contributed by atoms with Crippen LogP contribution in [0.1, 0.15) is 105 Å². The fraction of sp³-hybridized carbons (Fsp3) is 0.195. The summed E-state index contributed by atoms with van der Waals surface area (Å²) in [6, 6.07) is 90.3. The van der Waals surface area contributed by atoms with E-state index in [9.17, 15) is 0 Å². The first-order valence-corrected chi connectivity index (χ1v) is 31.2.